The standard InChI is InChI=1S/C18H16FN3O3/c1-11-7-8-13(19)15-16(11)21-14(9-10-20-18(24)25)22(17(15)23)12-5-3-2-4-6-12/h2-8,20H,9-10H2,1H3,(H,24,25). The number of nitrogens with zero attached hydrogens (tertiary/aromatic N) is 2. The molecule has 0 aliphatic rings. The second-order valence-electron chi connectivity index (χ2n) is 5.57. The third-order valence-electron chi connectivity index (χ3n) is 3.88. The molecule has 1 aromatic heterocycles. The fraction of sp³-hybridized carbons (Fsp3) is 0.167. The van der Waals surface area contributed by atoms with Crippen molar-refractivity contribution in [3.05, 3.63) is 70.0 Å². The zero-order valence-corrected chi connectivity index (χ0v) is 13.5. The van der Waals surface area contributed by atoms with Gasteiger partial charge < -0.3 is 10.4 Å². The van der Waals surface area contributed by atoms with Gasteiger partial charge in [-0.05, 0) is 30.7 Å². The van der Waals surface area contributed by atoms with E-state index in [0.717, 1.165) is 0 Å². The van der Waals surface area contributed by atoms with Crippen molar-refractivity contribution in [2.45, 2.75) is 13.3 Å². The fourth-order valence-electron chi connectivity index (χ4n) is 2.72. The average molecular weight is 341 g/mol. The van der Waals surface area contributed by atoms with Crippen molar-refractivity contribution in [1.82, 2.24) is 14.9 Å². The molecule has 25 heavy (non-hydrogen) atoms. The lowest BCUT2D eigenvalue weighted by Crippen LogP contribution is -2.29. The van der Waals surface area contributed by atoms with E-state index >= 15 is 0 Å². The Morgan fingerprint density at radius 1 is 1.24 bits per heavy atom. The van der Waals surface area contributed by atoms with Crippen molar-refractivity contribution in [2.75, 3.05) is 6.54 Å². The summed E-state index contributed by atoms with van der Waals surface area (Å²) in [6.45, 7) is 1.84. The predicted molar refractivity (Wildman–Crippen MR) is 91.8 cm³/mol. The van der Waals surface area contributed by atoms with Gasteiger partial charge in [-0.1, -0.05) is 24.3 Å². The van der Waals surface area contributed by atoms with Crippen LogP contribution in [0.5, 0.6) is 0 Å². The van der Waals surface area contributed by atoms with Gasteiger partial charge in [0.25, 0.3) is 5.56 Å². The molecule has 128 valence electrons. The van der Waals surface area contributed by atoms with Crippen LogP contribution >= 0.6 is 0 Å². The lowest BCUT2D eigenvalue weighted by Gasteiger charge is -2.15. The zero-order chi connectivity index (χ0) is 18.0. The van der Waals surface area contributed by atoms with Gasteiger partial charge in [-0.25, -0.2) is 14.2 Å². The Bertz CT molecular complexity index is 1000. The molecule has 0 saturated carbocycles. The van der Waals surface area contributed by atoms with Crippen LogP contribution in [0.3, 0.4) is 0 Å². The second kappa shape index (κ2) is 6.72. The smallest absolute Gasteiger partial charge is 0.404 e. The molecule has 0 spiro atoms. The maximum Gasteiger partial charge on any atom is 0.404 e. The first kappa shape index (κ1) is 16.6. The highest BCUT2D eigenvalue weighted by Crippen LogP contribution is 2.19. The summed E-state index contributed by atoms with van der Waals surface area (Å²) in [7, 11) is 0. The molecular formula is C18H16FN3O3. The number of para-hydroxylation sites is 1. The molecule has 0 saturated heterocycles. The highest BCUT2D eigenvalue weighted by molar-refractivity contribution is 5.81. The number of aryl methyl sites for hydroxylation is 1. The molecule has 0 aliphatic heterocycles. The molecule has 0 atom stereocenters. The molecule has 0 radical (unpaired) electrons. The number of carboxylic acid groups (broad SMARTS) is 1. The maximum absolute atomic E-state index is 14.3. The first-order valence-electron chi connectivity index (χ1n) is 7.72. The molecule has 1 heterocycles. The van der Waals surface area contributed by atoms with Gasteiger partial charge in [-0.2, -0.15) is 0 Å². The minimum atomic E-state index is -1.16. The van der Waals surface area contributed by atoms with Gasteiger partial charge in [0.1, 0.15) is 17.0 Å². The summed E-state index contributed by atoms with van der Waals surface area (Å²) < 4.78 is 15.6. The van der Waals surface area contributed by atoms with Gasteiger partial charge in [0.2, 0.25) is 0 Å². The van der Waals surface area contributed by atoms with Gasteiger partial charge in [-0.3, -0.25) is 9.36 Å². The molecule has 3 aromatic rings. The number of rotatable bonds is 4. The summed E-state index contributed by atoms with van der Waals surface area (Å²) in [5.41, 5.74) is 1.01. The number of hydrogen-bond acceptors (Lipinski definition) is 3. The molecule has 3 rings (SSSR count). The van der Waals surface area contributed by atoms with Crippen LogP contribution in [0, 0.1) is 12.7 Å². The molecule has 0 unspecified atom stereocenters. The monoisotopic (exact) mass is 341 g/mol. The molecule has 0 bridgehead atoms. The van der Waals surface area contributed by atoms with Crippen LogP contribution < -0.4 is 10.9 Å². The van der Waals surface area contributed by atoms with Crippen molar-refractivity contribution in [1.29, 1.82) is 0 Å². The van der Waals surface area contributed by atoms with E-state index in [9.17, 15) is 14.0 Å². The van der Waals surface area contributed by atoms with E-state index in [1.54, 1.807) is 43.3 Å². The van der Waals surface area contributed by atoms with Crippen LogP contribution in [0.25, 0.3) is 16.6 Å². The molecule has 0 aliphatic carbocycles. The molecular weight excluding hydrogens is 325 g/mol. The van der Waals surface area contributed by atoms with E-state index in [1.807, 2.05) is 0 Å². The van der Waals surface area contributed by atoms with Crippen molar-refractivity contribution >= 4 is 17.0 Å². The van der Waals surface area contributed by atoms with Crippen LogP contribution in [-0.4, -0.2) is 27.3 Å². The Morgan fingerprint density at radius 3 is 2.64 bits per heavy atom. The van der Waals surface area contributed by atoms with Crippen LogP contribution in [0.1, 0.15) is 11.4 Å². The quantitative estimate of drug-likeness (QED) is 0.764. The van der Waals surface area contributed by atoms with Crippen LogP contribution in [0.15, 0.2) is 47.3 Å². The topological polar surface area (TPSA) is 84.2 Å². The number of carbonyl (C=O) groups is 1. The van der Waals surface area contributed by atoms with E-state index in [2.05, 4.69) is 10.3 Å². The van der Waals surface area contributed by atoms with Crippen LogP contribution in [0.4, 0.5) is 9.18 Å². The summed E-state index contributed by atoms with van der Waals surface area (Å²) in [5, 5.41) is 10.9. The Morgan fingerprint density at radius 2 is 1.96 bits per heavy atom. The number of amides is 1. The van der Waals surface area contributed by atoms with Gasteiger partial charge >= 0.3 is 6.09 Å². The van der Waals surface area contributed by atoms with E-state index < -0.39 is 17.5 Å². The fourth-order valence-corrected chi connectivity index (χ4v) is 2.72. The lowest BCUT2D eigenvalue weighted by molar-refractivity contribution is 0.194. The Kier molecular flexibility index (Phi) is 4.47. The normalized spacial score (nSPS) is 10.8. The van der Waals surface area contributed by atoms with Gasteiger partial charge in [-0.15, -0.1) is 0 Å². The second-order valence-corrected chi connectivity index (χ2v) is 5.57. The van der Waals surface area contributed by atoms with E-state index in [1.165, 1.54) is 10.6 Å². The minimum absolute atomic E-state index is 0.0706. The van der Waals surface area contributed by atoms with Crippen molar-refractivity contribution in [3.63, 3.8) is 0 Å². The first-order valence-corrected chi connectivity index (χ1v) is 7.72. The molecule has 2 aromatic carbocycles. The summed E-state index contributed by atoms with van der Waals surface area (Å²) >= 11 is 0. The van der Waals surface area contributed by atoms with E-state index in [4.69, 9.17) is 5.11 Å². The van der Waals surface area contributed by atoms with Crippen LogP contribution in [0.2, 0.25) is 0 Å². The number of benzene rings is 2. The van der Waals surface area contributed by atoms with Gasteiger partial charge in [0, 0.05) is 13.0 Å². The lowest BCUT2D eigenvalue weighted by atomic mass is 10.1. The Balaban J connectivity index is 2.26. The summed E-state index contributed by atoms with van der Waals surface area (Å²) in [6.07, 6.45) is -0.959. The third kappa shape index (κ3) is 3.21. The average Bonchev–Trinajstić information content (AvgIpc) is 2.58. The third-order valence-corrected chi connectivity index (χ3v) is 3.88. The predicted octanol–water partition coefficient (Wildman–Crippen LogP) is 2.64. The summed E-state index contributed by atoms with van der Waals surface area (Å²) in [6, 6.07) is 11.6. The van der Waals surface area contributed by atoms with E-state index in [-0.39, 0.29) is 18.4 Å². The molecule has 0 fully saturated rings. The van der Waals surface area contributed by atoms with Gasteiger partial charge in [0.05, 0.1) is 11.2 Å². The molecule has 6 nitrogen and oxygen atoms in total. The number of hydrogen-bond donors (Lipinski definition) is 2. The highest BCUT2D eigenvalue weighted by Gasteiger charge is 2.17. The Hall–Kier alpha value is -3.22. The largest absolute Gasteiger partial charge is 0.465 e. The number of halogens is 1. The van der Waals surface area contributed by atoms with Crippen molar-refractivity contribution < 1.29 is 14.3 Å². The number of nitrogens with one attached hydrogen (secondary N) is 1. The molecule has 2 N–H and O–H groups in total. The highest BCUT2D eigenvalue weighted by atomic mass is 19.1. The molecule has 7 heteroatoms. The molecule has 1 amide bonds. The number of fused-ring (bicyclic) bond motifs is 1. The van der Waals surface area contributed by atoms with Crippen molar-refractivity contribution in [2.24, 2.45) is 0 Å². The van der Waals surface area contributed by atoms with Crippen molar-refractivity contribution in [3.8, 4) is 5.69 Å². The minimum Gasteiger partial charge on any atom is -0.465 e. The SMILES string of the molecule is Cc1ccc(F)c2c(=O)n(-c3ccccc3)c(CCNC(=O)O)nc12. The summed E-state index contributed by atoms with van der Waals surface area (Å²) in [4.78, 5) is 28.1. The van der Waals surface area contributed by atoms with Crippen LogP contribution in [-0.2, 0) is 6.42 Å². The Labute approximate surface area is 142 Å². The van der Waals surface area contributed by atoms with Gasteiger partial charge in [0.15, 0.2) is 0 Å². The number of aromatic nitrogens is 2. The van der Waals surface area contributed by atoms with E-state index in [0.29, 0.717) is 22.6 Å². The summed E-state index contributed by atoms with van der Waals surface area (Å²) in [5.74, 6) is -0.260. The maximum atomic E-state index is 14.3. The first-order chi connectivity index (χ1) is 12.0. The zero-order valence-electron chi connectivity index (χ0n) is 13.5.